The fourth-order valence-corrected chi connectivity index (χ4v) is 4.01. The van der Waals surface area contributed by atoms with Crippen LogP contribution in [0.15, 0.2) is 17.4 Å². The molecule has 0 bridgehead atoms. The van der Waals surface area contributed by atoms with Crippen molar-refractivity contribution in [3.05, 3.63) is 18.2 Å². The SMILES string of the molecule is CN=C(NCCn1ccnc1C)NC1CCN(C(=O)C2CCCCC2)C1. The van der Waals surface area contributed by atoms with E-state index in [4.69, 9.17) is 0 Å². The van der Waals surface area contributed by atoms with E-state index in [1.54, 1.807) is 7.05 Å². The molecular weight excluding hydrogens is 328 g/mol. The lowest BCUT2D eigenvalue weighted by molar-refractivity contribution is -0.135. The molecule has 2 aliphatic rings. The van der Waals surface area contributed by atoms with Crippen LogP contribution in [0.1, 0.15) is 44.3 Å². The number of likely N-dealkylation sites (tertiary alicyclic amines) is 1. The molecule has 0 spiro atoms. The monoisotopic (exact) mass is 360 g/mol. The molecule has 7 heteroatoms. The van der Waals surface area contributed by atoms with Gasteiger partial charge in [-0.2, -0.15) is 0 Å². The van der Waals surface area contributed by atoms with Gasteiger partial charge in [0.2, 0.25) is 5.91 Å². The largest absolute Gasteiger partial charge is 0.355 e. The van der Waals surface area contributed by atoms with Crippen LogP contribution in [0, 0.1) is 12.8 Å². The van der Waals surface area contributed by atoms with Gasteiger partial charge in [0.05, 0.1) is 0 Å². The minimum Gasteiger partial charge on any atom is -0.355 e. The van der Waals surface area contributed by atoms with Gasteiger partial charge in [-0.05, 0) is 26.2 Å². The van der Waals surface area contributed by atoms with Gasteiger partial charge in [0.25, 0.3) is 0 Å². The summed E-state index contributed by atoms with van der Waals surface area (Å²) in [6, 6.07) is 0.281. The molecule has 1 aromatic rings. The van der Waals surface area contributed by atoms with E-state index >= 15 is 0 Å². The van der Waals surface area contributed by atoms with Gasteiger partial charge in [-0.25, -0.2) is 4.98 Å². The number of guanidine groups is 1. The number of aliphatic imine (C=N–C) groups is 1. The van der Waals surface area contributed by atoms with E-state index in [-0.39, 0.29) is 12.0 Å². The van der Waals surface area contributed by atoms with Gasteiger partial charge in [-0.3, -0.25) is 9.79 Å². The maximum Gasteiger partial charge on any atom is 0.225 e. The predicted molar refractivity (Wildman–Crippen MR) is 103 cm³/mol. The zero-order chi connectivity index (χ0) is 18.4. The highest BCUT2D eigenvalue weighted by Gasteiger charge is 2.31. The van der Waals surface area contributed by atoms with E-state index in [0.29, 0.717) is 5.91 Å². The molecule has 0 radical (unpaired) electrons. The molecule has 1 aromatic heterocycles. The van der Waals surface area contributed by atoms with Gasteiger partial charge in [0, 0.05) is 57.6 Å². The van der Waals surface area contributed by atoms with Crippen molar-refractivity contribution in [1.82, 2.24) is 25.1 Å². The minimum atomic E-state index is 0.262. The summed E-state index contributed by atoms with van der Waals surface area (Å²) in [5.41, 5.74) is 0. The first kappa shape index (κ1) is 18.7. The van der Waals surface area contributed by atoms with E-state index < -0.39 is 0 Å². The van der Waals surface area contributed by atoms with Gasteiger partial charge in [0.1, 0.15) is 5.82 Å². The van der Waals surface area contributed by atoms with Gasteiger partial charge in [0.15, 0.2) is 5.96 Å². The highest BCUT2D eigenvalue weighted by atomic mass is 16.2. The summed E-state index contributed by atoms with van der Waals surface area (Å²) in [5, 5.41) is 6.82. The molecule has 26 heavy (non-hydrogen) atoms. The third-order valence-electron chi connectivity index (χ3n) is 5.59. The van der Waals surface area contributed by atoms with Crippen LogP contribution < -0.4 is 10.6 Å². The smallest absolute Gasteiger partial charge is 0.225 e. The topological polar surface area (TPSA) is 74.6 Å². The number of nitrogens with zero attached hydrogens (tertiary/aromatic N) is 4. The molecule has 1 saturated heterocycles. The number of carbonyl (C=O) groups is 1. The van der Waals surface area contributed by atoms with Crippen molar-refractivity contribution in [2.45, 2.75) is 58.0 Å². The Bertz CT molecular complexity index is 619. The molecule has 2 N–H and O–H groups in total. The quantitative estimate of drug-likeness (QED) is 0.617. The van der Waals surface area contributed by atoms with Crippen LogP contribution >= 0.6 is 0 Å². The Labute approximate surface area is 156 Å². The normalized spacial score (nSPS) is 21.8. The highest BCUT2D eigenvalue weighted by Crippen LogP contribution is 2.26. The lowest BCUT2D eigenvalue weighted by atomic mass is 9.88. The van der Waals surface area contributed by atoms with Crippen molar-refractivity contribution >= 4 is 11.9 Å². The molecule has 1 saturated carbocycles. The number of aryl methyl sites for hydroxylation is 1. The molecule has 1 aliphatic carbocycles. The summed E-state index contributed by atoms with van der Waals surface area (Å²) in [4.78, 5) is 23.3. The first-order valence-corrected chi connectivity index (χ1v) is 9.91. The van der Waals surface area contributed by atoms with Crippen LogP contribution in [0.5, 0.6) is 0 Å². The average molecular weight is 361 g/mol. The first-order valence-electron chi connectivity index (χ1n) is 9.91. The number of carbonyl (C=O) groups excluding carboxylic acids is 1. The number of amides is 1. The number of hydrogen-bond donors (Lipinski definition) is 2. The fourth-order valence-electron chi connectivity index (χ4n) is 4.01. The molecule has 2 fully saturated rings. The summed E-state index contributed by atoms with van der Waals surface area (Å²) in [5.74, 6) is 2.45. The summed E-state index contributed by atoms with van der Waals surface area (Å²) in [6.45, 7) is 5.29. The molecule has 144 valence electrons. The second kappa shape index (κ2) is 9.05. The maximum absolute atomic E-state index is 12.7. The van der Waals surface area contributed by atoms with Crippen molar-refractivity contribution in [2.75, 3.05) is 26.7 Å². The molecule has 3 rings (SSSR count). The van der Waals surface area contributed by atoms with E-state index in [1.807, 2.05) is 19.3 Å². The van der Waals surface area contributed by atoms with Crippen LogP contribution in [-0.2, 0) is 11.3 Å². The second-order valence-corrected chi connectivity index (χ2v) is 7.42. The zero-order valence-corrected chi connectivity index (χ0v) is 16.1. The van der Waals surface area contributed by atoms with Gasteiger partial charge >= 0.3 is 0 Å². The van der Waals surface area contributed by atoms with Crippen LogP contribution in [0.4, 0.5) is 0 Å². The van der Waals surface area contributed by atoms with Crippen molar-refractivity contribution in [2.24, 2.45) is 10.9 Å². The first-order chi connectivity index (χ1) is 12.7. The predicted octanol–water partition coefficient (Wildman–Crippen LogP) is 1.54. The lowest BCUT2D eigenvalue weighted by Crippen LogP contribution is -2.46. The summed E-state index contributed by atoms with van der Waals surface area (Å²) in [7, 11) is 1.79. The molecule has 7 nitrogen and oxygen atoms in total. The molecule has 1 unspecified atom stereocenters. The van der Waals surface area contributed by atoms with Crippen molar-refractivity contribution < 1.29 is 4.79 Å². The van der Waals surface area contributed by atoms with Crippen LogP contribution in [0.2, 0.25) is 0 Å². The van der Waals surface area contributed by atoms with Crippen LogP contribution in [-0.4, -0.2) is 59.0 Å². The van der Waals surface area contributed by atoms with E-state index in [2.05, 4.69) is 30.1 Å². The van der Waals surface area contributed by atoms with E-state index in [9.17, 15) is 4.79 Å². The number of imidazole rings is 1. The Morgan fingerprint density at radius 2 is 2.12 bits per heavy atom. The molecule has 1 aliphatic heterocycles. The zero-order valence-electron chi connectivity index (χ0n) is 16.1. The molecule has 1 atom stereocenters. The number of hydrogen-bond acceptors (Lipinski definition) is 3. The van der Waals surface area contributed by atoms with Crippen molar-refractivity contribution in [3.63, 3.8) is 0 Å². The van der Waals surface area contributed by atoms with Crippen molar-refractivity contribution in [3.8, 4) is 0 Å². The molecule has 2 heterocycles. The van der Waals surface area contributed by atoms with Gasteiger partial charge in [-0.15, -0.1) is 0 Å². The molecular formula is C19H32N6O. The van der Waals surface area contributed by atoms with Gasteiger partial charge in [-0.1, -0.05) is 19.3 Å². The summed E-state index contributed by atoms with van der Waals surface area (Å²) in [6.07, 6.45) is 10.6. The Morgan fingerprint density at radius 3 is 2.81 bits per heavy atom. The number of rotatable bonds is 5. The third-order valence-corrected chi connectivity index (χ3v) is 5.59. The van der Waals surface area contributed by atoms with Crippen LogP contribution in [0.25, 0.3) is 0 Å². The van der Waals surface area contributed by atoms with E-state index in [0.717, 1.165) is 57.2 Å². The van der Waals surface area contributed by atoms with Gasteiger partial charge < -0.3 is 20.1 Å². The molecule has 1 amide bonds. The Morgan fingerprint density at radius 1 is 1.31 bits per heavy atom. The standard InChI is InChI=1S/C19H32N6O/c1-15-21-9-12-24(15)13-10-22-19(20-2)23-17-8-11-25(14-17)18(26)16-6-4-3-5-7-16/h9,12,16-17H,3-8,10-11,13-14H2,1-2H3,(H2,20,22,23). The maximum atomic E-state index is 12.7. The minimum absolute atomic E-state index is 0.262. The Balaban J connectivity index is 1.41. The Hall–Kier alpha value is -2.05. The molecule has 0 aromatic carbocycles. The van der Waals surface area contributed by atoms with Crippen LogP contribution in [0.3, 0.4) is 0 Å². The lowest BCUT2D eigenvalue weighted by Gasteiger charge is -2.26. The van der Waals surface area contributed by atoms with E-state index in [1.165, 1.54) is 19.3 Å². The highest BCUT2D eigenvalue weighted by molar-refractivity contribution is 5.81. The Kier molecular flexibility index (Phi) is 6.52. The summed E-state index contributed by atoms with van der Waals surface area (Å²) >= 11 is 0. The second-order valence-electron chi connectivity index (χ2n) is 7.42. The van der Waals surface area contributed by atoms with Crippen molar-refractivity contribution in [1.29, 1.82) is 0 Å². The summed E-state index contributed by atoms with van der Waals surface area (Å²) < 4.78 is 2.11. The third kappa shape index (κ3) is 4.77. The number of nitrogens with one attached hydrogen (secondary N) is 2. The number of aromatic nitrogens is 2. The average Bonchev–Trinajstić information content (AvgIpc) is 3.30. The fraction of sp³-hybridized carbons (Fsp3) is 0.737.